The molecule has 1 aromatic rings. The second-order valence-corrected chi connectivity index (χ2v) is 5.43. The highest BCUT2D eigenvalue weighted by molar-refractivity contribution is 7.11. The van der Waals surface area contributed by atoms with Gasteiger partial charge >= 0.3 is 5.97 Å². The van der Waals surface area contributed by atoms with Crippen LogP contribution in [-0.2, 0) is 9.53 Å². The van der Waals surface area contributed by atoms with Gasteiger partial charge in [0, 0.05) is 36.1 Å². The average Bonchev–Trinajstić information content (AvgIpc) is 2.93. The molecule has 1 aromatic heterocycles. The van der Waals surface area contributed by atoms with Crippen LogP contribution in [0, 0.1) is 0 Å². The Bertz CT molecular complexity index is 482. The summed E-state index contributed by atoms with van der Waals surface area (Å²) in [4.78, 5) is 23.0. The molecule has 6 heteroatoms. The molecular formula is C15H21NO4S. The summed E-state index contributed by atoms with van der Waals surface area (Å²) in [7, 11) is 0. The van der Waals surface area contributed by atoms with E-state index in [1.54, 1.807) is 11.4 Å². The van der Waals surface area contributed by atoms with Crippen molar-refractivity contribution in [3.63, 3.8) is 0 Å². The van der Waals surface area contributed by atoms with E-state index >= 15 is 0 Å². The lowest BCUT2D eigenvalue weighted by atomic mass is 10.2. The predicted octanol–water partition coefficient (Wildman–Crippen LogP) is 2.78. The van der Waals surface area contributed by atoms with E-state index in [9.17, 15) is 9.59 Å². The molecule has 0 bridgehead atoms. The van der Waals surface area contributed by atoms with Crippen LogP contribution in [0.25, 0.3) is 6.08 Å². The molecule has 5 nitrogen and oxygen atoms in total. The van der Waals surface area contributed by atoms with Crippen LogP contribution in [0.2, 0.25) is 0 Å². The Balaban J connectivity index is 2.24. The summed E-state index contributed by atoms with van der Waals surface area (Å²) in [6.07, 6.45) is 5.50. The molecule has 0 aliphatic carbocycles. The topological polar surface area (TPSA) is 75.6 Å². The molecular weight excluding hydrogens is 290 g/mol. The zero-order chi connectivity index (χ0) is 15.5. The van der Waals surface area contributed by atoms with Crippen LogP contribution in [0.5, 0.6) is 0 Å². The minimum atomic E-state index is -1.00. The number of carbonyl (C=O) groups is 2. The van der Waals surface area contributed by atoms with E-state index in [4.69, 9.17) is 9.84 Å². The number of hydrogen-bond donors (Lipinski definition) is 2. The minimum absolute atomic E-state index is 0.144. The number of hydrogen-bond acceptors (Lipinski definition) is 4. The Morgan fingerprint density at radius 2 is 2.14 bits per heavy atom. The van der Waals surface area contributed by atoms with Gasteiger partial charge in [0.15, 0.2) is 0 Å². The quantitative estimate of drug-likeness (QED) is 0.514. The third-order valence-electron chi connectivity index (χ3n) is 2.67. The van der Waals surface area contributed by atoms with Crippen molar-refractivity contribution < 1.29 is 19.4 Å². The summed E-state index contributed by atoms with van der Waals surface area (Å²) in [6, 6.07) is 1.68. The molecule has 21 heavy (non-hydrogen) atoms. The van der Waals surface area contributed by atoms with E-state index < -0.39 is 5.97 Å². The smallest absolute Gasteiger partial charge is 0.328 e. The fourth-order valence-electron chi connectivity index (χ4n) is 1.54. The number of nitrogens with one attached hydrogen (secondary N) is 1. The van der Waals surface area contributed by atoms with Gasteiger partial charge < -0.3 is 15.2 Å². The van der Waals surface area contributed by atoms with Crippen LogP contribution < -0.4 is 5.32 Å². The summed E-state index contributed by atoms with van der Waals surface area (Å²) < 4.78 is 5.41. The highest BCUT2D eigenvalue weighted by atomic mass is 32.1. The van der Waals surface area contributed by atoms with E-state index in [1.807, 2.05) is 0 Å². The number of carbonyl (C=O) groups excluding carboxylic acids is 1. The molecule has 1 amide bonds. The number of ether oxygens (including phenoxy) is 1. The van der Waals surface area contributed by atoms with Crippen LogP contribution in [0.1, 0.15) is 41.4 Å². The van der Waals surface area contributed by atoms with Crippen molar-refractivity contribution in [2.24, 2.45) is 0 Å². The van der Waals surface area contributed by atoms with Crippen LogP contribution in [0.3, 0.4) is 0 Å². The SMILES string of the molecule is CCCCOCCCNC(=O)c1csc(/C=C/C(=O)O)c1. The molecule has 0 aliphatic rings. The lowest BCUT2D eigenvalue weighted by molar-refractivity contribution is -0.131. The first kappa shape index (κ1) is 17.4. The molecule has 0 saturated heterocycles. The predicted molar refractivity (Wildman–Crippen MR) is 83.7 cm³/mol. The maximum atomic E-state index is 11.8. The van der Waals surface area contributed by atoms with Gasteiger partial charge in [0.1, 0.15) is 0 Å². The second kappa shape index (κ2) is 10.1. The van der Waals surface area contributed by atoms with E-state index in [1.165, 1.54) is 17.4 Å². The number of aliphatic carboxylic acids is 1. The lowest BCUT2D eigenvalue weighted by Gasteiger charge is -2.04. The Labute approximate surface area is 128 Å². The standard InChI is InChI=1S/C15H21NO4S/c1-2-3-8-20-9-4-7-16-15(19)12-10-13(21-11-12)5-6-14(17)18/h5-6,10-11H,2-4,7-9H2,1H3,(H,16,19)(H,17,18)/b6-5+. The molecule has 116 valence electrons. The van der Waals surface area contributed by atoms with Crippen molar-refractivity contribution in [1.82, 2.24) is 5.32 Å². The van der Waals surface area contributed by atoms with Gasteiger partial charge in [-0.15, -0.1) is 11.3 Å². The lowest BCUT2D eigenvalue weighted by Crippen LogP contribution is -2.24. The van der Waals surface area contributed by atoms with Gasteiger partial charge in [0.05, 0.1) is 5.56 Å². The van der Waals surface area contributed by atoms with Crippen molar-refractivity contribution >= 4 is 29.3 Å². The van der Waals surface area contributed by atoms with E-state index in [2.05, 4.69) is 12.2 Å². The van der Waals surface area contributed by atoms with Crippen LogP contribution in [0.4, 0.5) is 0 Å². The largest absolute Gasteiger partial charge is 0.478 e. The molecule has 0 spiro atoms. The normalized spacial score (nSPS) is 10.9. The third kappa shape index (κ3) is 7.63. The van der Waals surface area contributed by atoms with Crippen molar-refractivity contribution in [3.05, 3.63) is 28.0 Å². The second-order valence-electron chi connectivity index (χ2n) is 4.48. The maximum absolute atomic E-state index is 11.8. The fourth-order valence-corrected chi connectivity index (χ4v) is 2.32. The van der Waals surface area contributed by atoms with Gasteiger partial charge in [0.2, 0.25) is 0 Å². The number of carboxylic acids is 1. The van der Waals surface area contributed by atoms with Crippen molar-refractivity contribution in [1.29, 1.82) is 0 Å². The Morgan fingerprint density at radius 3 is 2.86 bits per heavy atom. The zero-order valence-electron chi connectivity index (χ0n) is 12.1. The van der Waals surface area contributed by atoms with Gasteiger partial charge in [-0.3, -0.25) is 4.79 Å². The van der Waals surface area contributed by atoms with E-state index in [0.29, 0.717) is 18.7 Å². The van der Waals surface area contributed by atoms with Crippen LogP contribution in [-0.4, -0.2) is 36.7 Å². The van der Waals surface area contributed by atoms with Gasteiger partial charge in [-0.25, -0.2) is 4.79 Å². The fraction of sp³-hybridized carbons (Fsp3) is 0.467. The number of carboxylic acid groups (broad SMARTS) is 1. The number of unbranched alkanes of at least 4 members (excludes halogenated alkanes) is 1. The number of amides is 1. The summed E-state index contributed by atoms with van der Waals surface area (Å²) >= 11 is 1.34. The molecule has 1 rings (SSSR count). The van der Waals surface area contributed by atoms with E-state index in [0.717, 1.165) is 36.8 Å². The third-order valence-corrected chi connectivity index (χ3v) is 3.56. The summed E-state index contributed by atoms with van der Waals surface area (Å²) in [6.45, 7) is 4.11. The summed E-state index contributed by atoms with van der Waals surface area (Å²) in [5.74, 6) is -1.15. The minimum Gasteiger partial charge on any atom is -0.478 e. The zero-order valence-corrected chi connectivity index (χ0v) is 12.9. The number of thiophene rings is 1. The van der Waals surface area contributed by atoms with Crippen LogP contribution >= 0.6 is 11.3 Å². The Kier molecular flexibility index (Phi) is 8.38. The molecule has 0 fully saturated rings. The Hall–Kier alpha value is -1.66. The molecule has 1 heterocycles. The summed E-state index contributed by atoms with van der Waals surface area (Å²) in [5, 5.41) is 13.1. The highest BCUT2D eigenvalue weighted by Gasteiger charge is 2.07. The van der Waals surface area contributed by atoms with Crippen molar-refractivity contribution in [3.8, 4) is 0 Å². The van der Waals surface area contributed by atoms with E-state index in [-0.39, 0.29) is 5.91 Å². The molecule has 2 N–H and O–H groups in total. The van der Waals surface area contributed by atoms with Crippen LogP contribution in [0.15, 0.2) is 17.5 Å². The molecule has 0 aliphatic heterocycles. The molecule has 0 aromatic carbocycles. The first-order valence-electron chi connectivity index (χ1n) is 6.99. The molecule has 0 unspecified atom stereocenters. The molecule has 0 saturated carbocycles. The summed E-state index contributed by atoms with van der Waals surface area (Å²) in [5.41, 5.74) is 0.553. The van der Waals surface area contributed by atoms with Gasteiger partial charge in [0.25, 0.3) is 5.91 Å². The maximum Gasteiger partial charge on any atom is 0.328 e. The van der Waals surface area contributed by atoms with Crippen molar-refractivity contribution in [2.75, 3.05) is 19.8 Å². The monoisotopic (exact) mass is 311 g/mol. The number of rotatable bonds is 10. The Morgan fingerprint density at radius 1 is 1.38 bits per heavy atom. The van der Waals surface area contributed by atoms with Gasteiger partial charge in [-0.1, -0.05) is 13.3 Å². The molecule has 0 radical (unpaired) electrons. The first-order chi connectivity index (χ1) is 10.1. The average molecular weight is 311 g/mol. The molecule has 0 atom stereocenters. The van der Waals surface area contributed by atoms with Gasteiger partial charge in [-0.05, 0) is 25.0 Å². The van der Waals surface area contributed by atoms with Crippen molar-refractivity contribution in [2.45, 2.75) is 26.2 Å². The van der Waals surface area contributed by atoms with Gasteiger partial charge in [-0.2, -0.15) is 0 Å². The highest BCUT2D eigenvalue weighted by Crippen LogP contribution is 2.16. The first-order valence-corrected chi connectivity index (χ1v) is 7.87.